The number of benzene rings is 1. The number of anilines is 1. The van der Waals surface area contributed by atoms with Crippen molar-refractivity contribution in [2.75, 3.05) is 12.4 Å². The predicted molar refractivity (Wildman–Crippen MR) is 109 cm³/mol. The van der Waals surface area contributed by atoms with E-state index >= 15 is 0 Å². The number of rotatable bonds is 4. The van der Waals surface area contributed by atoms with Crippen LogP contribution in [0.4, 0.5) is 5.82 Å². The SMILES string of the molecule is CC[C@H](O)c1cc(C)c(-c2cc3cnc(NC)cc3c3c2ncn3C)cn1. The summed E-state index contributed by atoms with van der Waals surface area (Å²) in [4.78, 5) is 13.6. The van der Waals surface area contributed by atoms with Gasteiger partial charge in [0.2, 0.25) is 0 Å². The van der Waals surface area contributed by atoms with E-state index in [1.807, 2.05) is 57.3 Å². The van der Waals surface area contributed by atoms with Crippen LogP contribution in [0, 0.1) is 6.92 Å². The van der Waals surface area contributed by atoms with Crippen molar-refractivity contribution in [1.29, 1.82) is 0 Å². The molecule has 3 aromatic heterocycles. The average Bonchev–Trinajstić information content (AvgIpc) is 3.08. The molecule has 0 radical (unpaired) electrons. The van der Waals surface area contributed by atoms with E-state index in [4.69, 9.17) is 0 Å². The summed E-state index contributed by atoms with van der Waals surface area (Å²) in [5, 5.41) is 15.3. The van der Waals surface area contributed by atoms with E-state index in [0.29, 0.717) is 12.1 Å². The van der Waals surface area contributed by atoms with Gasteiger partial charge in [-0.2, -0.15) is 0 Å². The van der Waals surface area contributed by atoms with Crippen molar-refractivity contribution in [3.8, 4) is 11.1 Å². The van der Waals surface area contributed by atoms with Crippen LogP contribution >= 0.6 is 0 Å². The largest absolute Gasteiger partial charge is 0.387 e. The molecular weight excluding hydrogens is 338 g/mol. The fourth-order valence-corrected chi connectivity index (χ4v) is 3.55. The maximum absolute atomic E-state index is 10.1. The van der Waals surface area contributed by atoms with Gasteiger partial charge in [0.15, 0.2) is 0 Å². The van der Waals surface area contributed by atoms with Crippen LogP contribution in [0.2, 0.25) is 0 Å². The number of aromatic nitrogens is 4. The van der Waals surface area contributed by atoms with Crippen LogP contribution < -0.4 is 5.32 Å². The molecule has 0 aliphatic heterocycles. The fourth-order valence-electron chi connectivity index (χ4n) is 3.55. The molecule has 0 amide bonds. The topological polar surface area (TPSA) is 75.9 Å². The number of nitrogens with one attached hydrogen (secondary N) is 1. The quantitative estimate of drug-likeness (QED) is 0.575. The lowest BCUT2D eigenvalue weighted by molar-refractivity contribution is 0.169. The molecule has 0 aliphatic carbocycles. The molecule has 6 heteroatoms. The van der Waals surface area contributed by atoms with Crippen LogP contribution in [0.5, 0.6) is 0 Å². The van der Waals surface area contributed by atoms with Crippen LogP contribution in [0.15, 0.2) is 36.9 Å². The van der Waals surface area contributed by atoms with Gasteiger partial charge in [-0.1, -0.05) is 6.92 Å². The van der Waals surface area contributed by atoms with Crippen molar-refractivity contribution >= 4 is 27.6 Å². The minimum atomic E-state index is -0.534. The van der Waals surface area contributed by atoms with Gasteiger partial charge in [0, 0.05) is 48.4 Å². The van der Waals surface area contributed by atoms with Gasteiger partial charge in [-0.25, -0.2) is 9.97 Å². The summed E-state index contributed by atoms with van der Waals surface area (Å²) in [6.45, 7) is 3.99. The third-order valence-corrected chi connectivity index (χ3v) is 5.09. The Kier molecular flexibility index (Phi) is 4.28. The summed E-state index contributed by atoms with van der Waals surface area (Å²) >= 11 is 0. The molecule has 0 spiro atoms. The Labute approximate surface area is 157 Å². The van der Waals surface area contributed by atoms with Crippen LogP contribution in [-0.2, 0) is 7.05 Å². The van der Waals surface area contributed by atoms with Crippen LogP contribution in [0.3, 0.4) is 0 Å². The highest BCUT2D eigenvalue weighted by molar-refractivity contribution is 6.11. The average molecular weight is 361 g/mol. The molecule has 6 nitrogen and oxygen atoms in total. The van der Waals surface area contributed by atoms with Gasteiger partial charge in [0.1, 0.15) is 5.82 Å². The van der Waals surface area contributed by atoms with Gasteiger partial charge in [-0.3, -0.25) is 4.98 Å². The molecule has 4 aromatic rings. The molecule has 138 valence electrons. The summed E-state index contributed by atoms with van der Waals surface area (Å²) < 4.78 is 2.04. The Hall–Kier alpha value is -2.99. The number of nitrogens with zero attached hydrogens (tertiary/aromatic N) is 4. The lowest BCUT2D eigenvalue weighted by atomic mass is 9.97. The molecule has 27 heavy (non-hydrogen) atoms. The van der Waals surface area contributed by atoms with Gasteiger partial charge in [-0.15, -0.1) is 0 Å². The molecular formula is C21H23N5O. The van der Waals surface area contributed by atoms with E-state index in [1.54, 1.807) is 0 Å². The number of pyridine rings is 2. The molecule has 0 fully saturated rings. The molecule has 3 heterocycles. The maximum atomic E-state index is 10.1. The summed E-state index contributed by atoms with van der Waals surface area (Å²) in [6, 6.07) is 6.14. The first-order chi connectivity index (χ1) is 13.0. The minimum Gasteiger partial charge on any atom is -0.387 e. The van der Waals surface area contributed by atoms with Gasteiger partial charge in [0.25, 0.3) is 0 Å². The van der Waals surface area contributed by atoms with Gasteiger partial charge < -0.3 is 15.0 Å². The number of aliphatic hydroxyl groups is 1. The normalized spacial score (nSPS) is 12.6. The second-order valence-electron chi connectivity index (χ2n) is 6.87. The first-order valence-electron chi connectivity index (χ1n) is 9.10. The predicted octanol–water partition coefficient (Wildman–Crippen LogP) is 3.98. The first-order valence-corrected chi connectivity index (χ1v) is 9.10. The summed E-state index contributed by atoms with van der Waals surface area (Å²) in [7, 11) is 3.87. The highest BCUT2D eigenvalue weighted by Gasteiger charge is 2.16. The zero-order valence-electron chi connectivity index (χ0n) is 16.0. The summed E-state index contributed by atoms with van der Waals surface area (Å²) in [5.41, 5.74) is 5.83. The fraction of sp³-hybridized carbons (Fsp3) is 0.286. The second-order valence-corrected chi connectivity index (χ2v) is 6.87. The highest BCUT2D eigenvalue weighted by atomic mass is 16.3. The molecule has 0 bridgehead atoms. The number of hydrogen-bond acceptors (Lipinski definition) is 5. The Morgan fingerprint density at radius 2 is 1.93 bits per heavy atom. The lowest BCUT2D eigenvalue weighted by Gasteiger charge is -2.13. The van der Waals surface area contributed by atoms with Gasteiger partial charge >= 0.3 is 0 Å². The number of hydrogen-bond donors (Lipinski definition) is 2. The van der Waals surface area contributed by atoms with E-state index in [9.17, 15) is 5.11 Å². The monoisotopic (exact) mass is 361 g/mol. The number of fused-ring (bicyclic) bond motifs is 3. The Morgan fingerprint density at radius 3 is 2.63 bits per heavy atom. The van der Waals surface area contributed by atoms with Crippen molar-refractivity contribution < 1.29 is 5.11 Å². The van der Waals surface area contributed by atoms with Crippen LogP contribution in [-0.4, -0.2) is 31.7 Å². The van der Waals surface area contributed by atoms with Gasteiger partial charge in [-0.05, 0) is 37.1 Å². The molecule has 0 saturated heterocycles. The molecule has 1 aromatic carbocycles. The zero-order chi connectivity index (χ0) is 19.1. The molecule has 0 aliphatic rings. The smallest absolute Gasteiger partial charge is 0.126 e. The van der Waals surface area contributed by atoms with Crippen molar-refractivity contribution in [1.82, 2.24) is 19.5 Å². The molecule has 1 atom stereocenters. The van der Waals surface area contributed by atoms with Gasteiger partial charge in [0.05, 0.1) is 29.2 Å². The Balaban J connectivity index is 1.99. The number of imidazole rings is 1. The van der Waals surface area contributed by atoms with E-state index in [1.165, 1.54) is 0 Å². The van der Waals surface area contributed by atoms with E-state index in [2.05, 4.69) is 32.4 Å². The third kappa shape index (κ3) is 2.82. The minimum absolute atomic E-state index is 0.534. The number of aryl methyl sites for hydroxylation is 2. The first kappa shape index (κ1) is 17.4. The molecule has 0 unspecified atom stereocenters. The van der Waals surface area contributed by atoms with Crippen LogP contribution in [0.25, 0.3) is 32.9 Å². The van der Waals surface area contributed by atoms with E-state index in [-0.39, 0.29) is 0 Å². The lowest BCUT2D eigenvalue weighted by Crippen LogP contribution is -2.00. The molecule has 4 rings (SSSR count). The molecule has 2 N–H and O–H groups in total. The summed E-state index contributed by atoms with van der Waals surface area (Å²) in [5.74, 6) is 0.827. The highest BCUT2D eigenvalue weighted by Crippen LogP contribution is 2.36. The van der Waals surface area contributed by atoms with Crippen molar-refractivity contribution in [2.45, 2.75) is 26.4 Å². The third-order valence-electron chi connectivity index (χ3n) is 5.09. The van der Waals surface area contributed by atoms with Crippen molar-refractivity contribution in [3.05, 3.63) is 48.2 Å². The Bertz CT molecular complexity index is 1150. The second kappa shape index (κ2) is 6.63. The standard InChI is InChI=1S/C21H23N5O/c1-5-18(27)17-6-12(2)16(10-23-17)15-7-13-9-24-19(22-3)8-14(13)21-20(15)25-11-26(21)4/h6-11,18,27H,5H2,1-4H3,(H,22,24)/t18-/m0/s1. The zero-order valence-corrected chi connectivity index (χ0v) is 16.0. The molecule has 0 saturated carbocycles. The Morgan fingerprint density at radius 1 is 1.11 bits per heavy atom. The summed E-state index contributed by atoms with van der Waals surface area (Å²) in [6.07, 6.45) is 5.67. The van der Waals surface area contributed by atoms with Crippen LogP contribution in [0.1, 0.15) is 30.7 Å². The maximum Gasteiger partial charge on any atom is 0.126 e. The number of aliphatic hydroxyl groups excluding tert-OH is 1. The van der Waals surface area contributed by atoms with E-state index < -0.39 is 6.10 Å². The van der Waals surface area contributed by atoms with Crippen molar-refractivity contribution in [2.24, 2.45) is 7.05 Å². The van der Waals surface area contributed by atoms with Crippen molar-refractivity contribution in [3.63, 3.8) is 0 Å². The van der Waals surface area contributed by atoms with E-state index in [0.717, 1.165) is 44.3 Å².